The van der Waals surface area contributed by atoms with Crippen LogP contribution in [0.2, 0.25) is 0 Å². The molecule has 0 aliphatic carbocycles. The van der Waals surface area contributed by atoms with Crippen LogP contribution in [0.3, 0.4) is 0 Å². The summed E-state index contributed by atoms with van der Waals surface area (Å²) in [4.78, 5) is 12.0. The maximum absolute atomic E-state index is 12.0. The number of amides is 1. The minimum Gasteiger partial charge on any atom is -0.394 e. The van der Waals surface area contributed by atoms with Crippen molar-refractivity contribution in [2.75, 3.05) is 11.1 Å². The van der Waals surface area contributed by atoms with Crippen LogP contribution in [0.4, 0.5) is 11.5 Å². The quantitative estimate of drug-likeness (QED) is 0.797. The third-order valence-electron chi connectivity index (χ3n) is 2.65. The number of nitrogens with zero attached hydrogens (tertiary/aromatic N) is 1. The maximum atomic E-state index is 12.0. The van der Waals surface area contributed by atoms with Crippen molar-refractivity contribution in [1.29, 1.82) is 0 Å². The number of aryl methyl sites for hydroxylation is 2. The summed E-state index contributed by atoms with van der Waals surface area (Å²) in [5.74, 6) is 0.127. The monoisotopic (exact) mass is 308 g/mol. The van der Waals surface area contributed by atoms with E-state index in [4.69, 9.17) is 5.73 Å². The van der Waals surface area contributed by atoms with Gasteiger partial charge in [-0.2, -0.15) is 5.10 Å². The van der Waals surface area contributed by atoms with Crippen molar-refractivity contribution in [2.24, 2.45) is 0 Å². The van der Waals surface area contributed by atoms with Gasteiger partial charge in [0.1, 0.15) is 0 Å². The van der Waals surface area contributed by atoms with Gasteiger partial charge in [0.15, 0.2) is 5.82 Å². The smallest absolute Gasteiger partial charge is 0.256 e. The van der Waals surface area contributed by atoms with Crippen LogP contribution in [-0.2, 0) is 0 Å². The van der Waals surface area contributed by atoms with E-state index in [0.29, 0.717) is 17.1 Å². The molecule has 0 fully saturated rings. The highest BCUT2D eigenvalue weighted by atomic mass is 79.9. The van der Waals surface area contributed by atoms with E-state index >= 15 is 0 Å². The molecule has 1 aromatic heterocycles. The molecule has 2 aromatic rings. The van der Waals surface area contributed by atoms with E-state index in [1.807, 2.05) is 13.0 Å². The van der Waals surface area contributed by atoms with Crippen LogP contribution >= 0.6 is 15.9 Å². The lowest BCUT2D eigenvalue weighted by Gasteiger charge is -2.05. The zero-order valence-electron chi connectivity index (χ0n) is 10.0. The molecule has 2 rings (SSSR count). The van der Waals surface area contributed by atoms with Crippen LogP contribution < -0.4 is 11.1 Å². The highest BCUT2D eigenvalue weighted by Crippen LogP contribution is 2.20. The highest BCUT2D eigenvalue weighted by molar-refractivity contribution is 9.10. The Morgan fingerprint density at radius 3 is 2.72 bits per heavy atom. The van der Waals surface area contributed by atoms with Gasteiger partial charge in [-0.15, -0.1) is 0 Å². The number of halogens is 1. The van der Waals surface area contributed by atoms with Crippen molar-refractivity contribution >= 4 is 33.3 Å². The molecule has 0 atom stereocenters. The standard InChI is InChI=1S/C12H13BrN4O/c1-6-5-8(3-4-9(6)13)12(18)15-11-10(14)7(2)16-17-11/h3-5H,14H2,1-2H3,(H2,15,16,17,18). The molecule has 0 bridgehead atoms. The number of hydrogen-bond donors (Lipinski definition) is 3. The second-order valence-electron chi connectivity index (χ2n) is 4.03. The summed E-state index contributed by atoms with van der Waals surface area (Å²) >= 11 is 3.39. The van der Waals surface area contributed by atoms with E-state index in [0.717, 1.165) is 15.7 Å². The minimum atomic E-state index is -0.233. The summed E-state index contributed by atoms with van der Waals surface area (Å²) in [6, 6.07) is 5.38. The molecule has 94 valence electrons. The van der Waals surface area contributed by atoms with Crippen molar-refractivity contribution in [3.05, 3.63) is 39.5 Å². The van der Waals surface area contributed by atoms with Gasteiger partial charge in [0.2, 0.25) is 0 Å². The van der Waals surface area contributed by atoms with Gasteiger partial charge in [-0.25, -0.2) is 0 Å². The van der Waals surface area contributed by atoms with E-state index < -0.39 is 0 Å². The summed E-state index contributed by atoms with van der Waals surface area (Å²) < 4.78 is 0.967. The van der Waals surface area contributed by atoms with Crippen LogP contribution in [-0.4, -0.2) is 16.1 Å². The number of hydrogen-bond acceptors (Lipinski definition) is 3. The summed E-state index contributed by atoms with van der Waals surface area (Å²) in [5, 5.41) is 9.32. The molecule has 6 heteroatoms. The molecule has 0 unspecified atom stereocenters. The fourth-order valence-corrected chi connectivity index (χ4v) is 1.75. The molecular weight excluding hydrogens is 296 g/mol. The lowest BCUT2D eigenvalue weighted by molar-refractivity contribution is 0.102. The predicted molar refractivity (Wildman–Crippen MR) is 74.6 cm³/mol. The number of aromatic nitrogens is 2. The van der Waals surface area contributed by atoms with Gasteiger partial charge in [-0.1, -0.05) is 15.9 Å². The van der Waals surface area contributed by atoms with E-state index in [9.17, 15) is 4.79 Å². The number of anilines is 2. The third-order valence-corrected chi connectivity index (χ3v) is 3.54. The van der Waals surface area contributed by atoms with Crippen LogP contribution in [0.25, 0.3) is 0 Å². The Labute approximate surface area is 113 Å². The van der Waals surface area contributed by atoms with E-state index in [1.165, 1.54) is 0 Å². The first-order chi connectivity index (χ1) is 8.49. The largest absolute Gasteiger partial charge is 0.394 e. The van der Waals surface area contributed by atoms with E-state index in [1.54, 1.807) is 19.1 Å². The number of benzene rings is 1. The number of nitrogens with two attached hydrogens (primary N) is 1. The third kappa shape index (κ3) is 2.38. The van der Waals surface area contributed by atoms with Gasteiger partial charge in [-0.3, -0.25) is 9.89 Å². The minimum absolute atomic E-state index is 0.233. The molecule has 0 aliphatic heterocycles. The SMILES string of the molecule is Cc1cc(C(=O)Nc2n[nH]c(C)c2N)ccc1Br. The Bertz CT molecular complexity index is 606. The molecule has 1 heterocycles. The van der Waals surface area contributed by atoms with E-state index in [2.05, 4.69) is 31.4 Å². The van der Waals surface area contributed by atoms with Gasteiger partial charge in [0, 0.05) is 10.0 Å². The van der Waals surface area contributed by atoms with Crippen molar-refractivity contribution in [3.63, 3.8) is 0 Å². The molecule has 1 aromatic carbocycles. The molecule has 0 aliphatic rings. The van der Waals surface area contributed by atoms with Crippen molar-refractivity contribution < 1.29 is 4.79 Å². The molecule has 4 N–H and O–H groups in total. The Morgan fingerprint density at radius 1 is 1.44 bits per heavy atom. The fourth-order valence-electron chi connectivity index (χ4n) is 1.50. The number of carbonyl (C=O) groups excluding carboxylic acids is 1. The van der Waals surface area contributed by atoms with Crippen LogP contribution in [0.1, 0.15) is 21.6 Å². The van der Waals surface area contributed by atoms with E-state index in [-0.39, 0.29) is 5.91 Å². The molecule has 1 amide bonds. The second kappa shape index (κ2) is 4.81. The zero-order chi connectivity index (χ0) is 13.3. The molecule has 0 spiro atoms. The van der Waals surface area contributed by atoms with Crippen molar-refractivity contribution in [2.45, 2.75) is 13.8 Å². The lowest BCUT2D eigenvalue weighted by Crippen LogP contribution is -2.13. The average molecular weight is 309 g/mol. The maximum Gasteiger partial charge on any atom is 0.256 e. The second-order valence-corrected chi connectivity index (χ2v) is 4.88. The van der Waals surface area contributed by atoms with Gasteiger partial charge in [-0.05, 0) is 37.6 Å². The lowest BCUT2D eigenvalue weighted by atomic mass is 10.1. The number of aromatic amines is 1. The summed E-state index contributed by atoms with van der Waals surface area (Å²) in [6.45, 7) is 3.72. The van der Waals surface area contributed by atoms with Crippen LogP contribution in [0.15, 0.2) is 22.7 Å². The normalized spacial score (nSPS) is 10.4. The van der Waals surface area contributed by atoms with Gasteiger partial charge in [0.05, 0.1) is 11.4 Å². The molecular formula is C12H13BrN4O. The van der Waals surface area contributed by atoms with Gasteiger partial charge >= 0.3 is 0 Å². The molecule has 0 radical (unpaired) electrons. The molecule has 5 nitrogen and oxygen atoms in total. The molecule has 18 heavy (non-hydrogen) atoms. The van der Waals surface area contributed by atoms with Crippen LogP contribution in [0.5, 0.6) is 0 Å². The number of nitrogen functional groups attached to an aromatic ring is 1. The first-order valence-electron chi connectivity index (χ1n) is 5.37. The zero-order valence-corrected chi connectivity index (χ0v) is 11.6. The van der Waals surface area contributed by atoms with Crippen LogP contribution in [0, 0.1) is 13.8 Å². The number of rotatable bonds is 2. The Hall–Kier alpha value is -1.82. The van der Waals surface area contributed by atoms with Gasteiger partial charge < -0.3 is 11.1 Å². The number of carbonyl (C=O) groups is 1. The molecule has 0 saturated carbocycles. The van der Waals surface area contributed by atoms with Crippen molar-refractivity contribution in [1.82, 2.24) is 10.2 Å². The summed E-state index contributed by atoms with van der Waals surface area (Å²) in [5.41, 5.74) is 8.52. The fraction of sp³-hybridized carbons (Fsp3) is 0.167. The Kier molecular flexibility index (Phi) is 3.38. The Balaban J connectivity index is 2.22. The average Bonchev–Trinajstić information content (AvgIpc) is 2.64. The Morgan fingerprint density at radius 2 is 2.17 bits per heavy atom. The first-order valence-corrected chi connectivity index (χ1v) is 6.16. The number of H-pyrrole nitrogens is 1. The summed E-state index contributed by atoms with van der Waals surface area (Å²) in [6.07, 6.45) is 0. The topological polar surface area (TPSA) is 83.8 Å². The van der Waals surface area contributed by atoms with Gasteiger partial charge in [0.25, 0.3) is 5.91 Å². The first kappa shape index (κ1) is 12.6. The summed E-state index contributed by atoms with van der Waals surface area (Å²) in [7, 11) is 0. The predicted octanol–water partition coefficient (Wildman–Crippen LogP) is 2.62. The van der Waals surface area contributed by atoms with Crippen molar-refractivity contribution in [3.8, 4) is 0 Å². The molecule has 0 saturated heterocycles. The highest BCUT2D eigenvalue weighted by Gasteiger charge is 2.12. The number of nitrogens with one attached hydrogen (secondary N) is 2.